The number of hydrogen-bond donors (Lipinski definition) is 2. The number of benzene rings is 1. The lowest BCUT2D eigenvalue weighted by Gasteiger charge is -2.24. The van der Waals surface area contributed by atoms with Crippen LogP contribution in [0.1, 0.15) is 37.7 Å². The van der Waals surface area contributed by atoms with E-state index in [4.69, 9.17) is 5.73 Å². The molecule has 6 heteroatoms. The summed E-state index contributed by atoms with van der Waals surface area (Å²) in [6.45, 7) is 2.70. The Labute approximate surface area is 137 Å². The van der Waals surface area contributed by atoms with Gasteiger partial charge in [-0.1, -0.05) is 18.9 Å². The van der Waals surface area contributed by atoms with E-state index in [9.17, 15) is 9.59 Å². The van der Waals surface area contributed by atoms with Crippen LogP contribution in [0.15, 0.2) is 18.2 Å². The van der Waals surface area contributed by atoms with Crippen molar-refractivity contribution in [2.24, 2.45) is 0 Å². The molecule has 1 aromatic rings. The zero-order chi connectivity index (χ0) is 15.2. The van der Waals surface area contributed by atoms with Crippen LogP contribution in [0.25, 0.3) is 0 Å². The summed E-state index contributed by atoms with van der Waals surface area (Å²) in [6.07, 6.45) is 4.67. The molecule has 1 aliphatic heterocycles. The Kier molecular flexibility index (Phi) is 7.18. The first-order valence-corrected chi connectivity index (χ1v) is 7.50. The van der Waals surface area contributed by atoms with Crippen molar-refractivity contribution in [3.63, 3.8) is 0 Å². The number of carbonyl (C=O) groups excluding carboxylic acids is 2. The standard InChI is InChI=1S/C16H23N3O2.ClH/c1-12-7-8-13(17)10-14(12)18-15(20)11-19-9-5-3-2-4-6-16(19)21;/h7-8,10H,2-6,9,11,17H2,1H3,(H,18,20);1H. The molecule has 2 rings (SSSR count). The summed E-state index contributed by atoms with van der Waals surface area (Å²) >= 11 is 0. The molecular weight excluding hydrogens is 302 g/mol. The van der Waals surface area contributed by atoms with Gasteiger partial charge in [-0.25, -0.2) is 0 Å². The number of hydrogen-bond acceptors (Lipinski definition) is 3. The average molecular weight is 326 g/mol. The highest BCUT2D eigenvalue weighted by atomic mass is 35.5. The number of nitrogen functional groups attached to an aromatic ring is 1. The number of carbonyl (C=O) groups is 2. The number of halogens is 1. The Balaban J connectivity index is 0.00000242. The molecule has 0 radical (unpaired) electrons. The number of likely N-dealkylation sites (tertiary alicyclic amines) is 1. The Morgan fingerprint density at radius 1 is 1.27 bits per heavy atom. The monoisotopic (exact) mass is 325 g/mol. The van der Waals surface area contributed by atoms with Crippen molar-refractivity contribution in [1.82, 2.24) is 4.90 Å². The summed E-state index contributed by atoms with van der Waals surface area (Å²) in [5.74, 6) is -0.0910. The molecule has 0 spiro atoms. The number of nitrogens with one attached hydrogen (secondary N) is 1. The molecular formula is C16H24ClN3O2. The normalized spacial score (nSPS) is 15.5. The van der Waals surface area contributed by atoms with Gasteiger partial charge in [-0.3, -0.25) is 9.59 Å². The predicted octanol–water partition coefficient (Wildman–Crippen LogP) is 2.73. The van der Waals surface area contributed by atoms with Gasteiger partial charge in [-0.05, 0) is 37.5 Å². The molecule has 0 aliphatic carbocycles. The van der Waals surface area contributed by atoms with Crippen molar-refractivity contribution in [3.05, 3.63) is 23.8 Å². The summed E-state index contributed by atoms with van der Waals surface area (Å²) in [7, 11) is 0. The second-order valence-electron chi connectivity index (χ2n) is 5.60. The van der Waals surface area contributed by atoms with Gasteiger partial charge in [0.15, 0.2) is 0 Å². The van der Waals surface area contributed by atoms with E-state index in [-0.39, 0.29) is 30.8 Å². The van der Waals surface area contributed by atoms with E-state index in [2.05, 4.69) is 5.32 Å². The van der Waals surface area contributed by atoms with Crippen LogP contribution in [0.2, 0.25) is 0 Å². The first-order valence-electron chi connectivity index (χ1n) is 7.50. The van der Waals surface area contributed by atoms with Crippen LogP contribution in [0.4, 0.5) is 11.4 Å². The van der Waals surface area contributed by atoms with Crippen molar-refractivity contribution in [2.75, 3.05) is 24.1 Å². The molecule has 1 aliphatic rings. The molecule has 3 N–H and O–H groups in total. The maximum Gasteiger partial charge on any atom is 0.244 e. The predicted molar refractivity (Wildman–Crippen MR) is 91.1 cm³/mol. The van der Waals surface area contributed by atoms with E-state index in [0.29, 0.717) is 24.3 Å². The number of nitrogens with two attached hydrogens (primary N) is 1. The SMILES string of the molecule is Cc1ccc(N)cc1NC(=O)CN1CCCCCCC1=O.Cl. The summed E-state index contributed by atoms with van der Waals surface area (Å²) in [6, 6.07) is 5.40. The molecule has 22 heavy (non-hydrogen) atoms. The molecule has 1 saturated heterocycles. The molecule has 0 unspecified atom stereocenters. The van der Waals surface area contributed by atoms with Crippen LogP contribution in [0, 0.1) is 6.92 Å². The lowest BCUT2D eigenvalue weighted by atomic mass is 10.1. The fourth-order valence-corrected chi connectivity index (χ4v) is 2.52. The third-order valence-corrected chi connectivity index (χ3v) is 3.79. The quantitative estimate of drug-likeness (QED) is 0.839. The van der Waals surface area contributed by atoms with E-state index in [1.54, 1.807) is 17.0 Å². The molecule has 1 fully saturated rings. The van der Waals surface area contributed by atoms with Crippen LogP contribution in [-0.2, 0) is 9.59 Å². The number of aryl methyl sites for hydroxylation is 1. The smallest absolute Gasteiger partial charge is 0.244 e. The number of amides is 2. The van der Waals surface area contributed by atoms with E-state index >= 15 is 0 Å². The molecule has 0 aromatic heterocycles. The number of rotatable bonds is 3. The average Bonchev–Trinajstić information content (AvgIpc) is 2.43. The molecule has 0 saturated carbocycles. The van der Waals surface area contributed by atoms with Crippen molar-refractivity contribution >= 4 is 35.6 Å². The van der Waals surface area contributed by atoms with Gasteiger partial charge in [0.1, 0.15) is 0 Å². The Hall–Kier alpha value is -1.75. The van der Waals surface area contributed by atoms with Gasteiger partial charge in [0.05, 0.1) is 6.54 Å². The van der Waals surface area contributed by atoms with Gasteiger partial charge in [-0.2, -0.15) is 0 Å². The second-order valence-corrected chi connectivity index (χ2v) is 5.60. The molecule has 0 atom stereocenters. The molecule has 1 heterocycles. The van der Waals surface area contributed by atoms with E-state index in [1.165, 1.54) is 0 Å². The Morgan fingerprint density at radius 2 is 2.00 bits per heavy atom. The Morgan fingerprint density at radius 3 is 2.77 bits per heavy atom. The van der Waals surface area contributed by atoms with Crippen molar-refractivity contribution in [1.29, 1.82) is 0 Å². The highest BCUT2D eigenvalue weighted by molar-refractivity contribution is 5.95. The van der Waals surface area contributed by atoms with Gasteiger partial charge in [0.2, 0.25) is 11.8 Å². The first-order chi connectivity index (χ1) is 10.1. The lowest BCUT2D eigenvalue weighted by molar-refractivity contribution is -0.135. The topological polar surface area (TPSA) is 75.4 Å². The first kappa shape index (κ1) is 18.3. The highest BCUT2D eigenvalue weighted by Gasteiger charge is 2.18. The van der Waals surface area contributed by atoms with Gasteiger partial charge in [-0.15, -0.1) is 12.4 Å². The van der Waals surface area contributed by atoms with Crippen molar-refractivity contribution in [3.8, 4) is 0 Å². The maximum atomic E-state index is 12.1. The zero-order valence-corrected chi connectivity index (χ0v) is 13.7. The van der Waals surface area contributed by atoms with Crippen LogP contribution in [-0.4, -0.2) is 29.8 Å². The largest absolute Gasteiger partial charge is 0.399 e. The number of nitrogens with zero attached hydrogens (tertiary/aromatic N) is 1. The summed E-state index contributed by atoms with van der Waals surface area (Å²) < 4.78 is 0. The van der Waals surface area contributed by atoms with Gasteiger partial charge >= 0.3 is 0 Å². The summed E-state index contributed by atoms with van der Waals surface area (Å²) in [5, 5.41) is 2.84. The van der Waals surface area contributed by atoms with Crippen LogP contribution >= 0.6 is 12.4 Å². The molecule has 5 nitrogen and oxygen atoms in total. The van der Waals surface area contributed by atoms with E-state index in [0.717, 1.165) is 31.2 Å². The minimum Gasteiger partial charge on any atom is -0.399 e. The molecule has 2 amide bonds. The summed E-state index contributed by atoms with van der Waals surface area (Å²) in [4.78, 5) is 25.8. The van der Waals surface area contributed by atoms with E-state index < -0.39 is 0 Å². The van der Waals surface area contributed by atoms with Crippen molar-refractivity contribution in [2.45, 2.75) is 39.0 Å². The Bertz CT molecular complexity index is 534. The van der Waals surface area contributed by atoms with Crippen molar-refractivity contribution < 1.29 is 9.59 Å². The van der Waals surface area contributed by atoms with Crippen LogP contribution in [0.3, 0.4) is 0 Å². The highest BCUT2D eigenvalue weighted by Crippen LogP contribution is 2.18. The molecule has 1 aromatic carbocycles. The fraction of sp³-hybridized carbons (Fsp3) is 0.500. The van der Waals surface area contributed by atoms with Gasteiger partial charge in [0, 0.05) is 24.3 Å². The van der Waals surface area contributed by atoms with Gasteiger partial charge in [0.25, 0.3) is 0 Å². The summed E-state index contributed by atoms with van der Waals surface area (Å²) in [5.41, 5.74) is 8.00. The molecule has 122 valence electrons. The zero-order valence-electron chi connectivity index (χ0n) is 12.9. The van der Waals surface area contributed by atoms with Gasteiger partial charge < -0.3 is 16.0 Å². The minimum absolute atomic E-state index is 0. The third-order valence-electron chi connectivity index (χ3n) is 3.79. The van der Waals surface area contributed by atoms with Crippen LogP contribution in [0.5, 0.6) is 0 Å². The second kappa shape index (κ2) is 8.63. The number of anilines is 2. The van der Waals surface area contributed by atoms with Crippen LogP contribution < -0.4 is 11.1 Å². The lowest BCUT2D eigenvalue weighted by Crippen LogP contribution is -2.39. The fourth-order valence-electron chi connectivity index (χ4n) is 2.52. The minimum atomic E-state index is -0.169. The maximum absolute atomic E-state index is 12.1. The van der Waals surface area contributed by atoms with E-state index in [1.807, 2.05) is 13.0 Å². The third kappa shape index (κ3) is 5.22. The molecule has 0 bridgehead atoms.